The Labute approximate surface area is 167 Å². The lowest BCUT2D eigenvalue weighted by Gasteiger charge is -2.18. The van der Waals surface area contributed by atoms with Crippen molar-refractivity contribution in [2.75, 3.05) is 40.5 Å². The first kappa shape index (κ1) is 22.1. The van der Waals surface area contributed by atoms with Crippen LogP contribution in [-0.4, -0.2) is 61.2 Å². The van der Waals surface area contributed by atoms with Crippen LogP contribution in [0, 0.1) is 12.3 Å². The van der Waals surface area contributed by atoms with Gasteiger partial charge in [-0.05, 0) is 31.6 Å². The molecule has 2 N–H and O–H groups in total. The van der Waals surface area contributed by atoms with Gasteiger partial charge in [-0.1, -0.05) is 0 Å². The van der Waals surface area contributed by atoms with Gasteiger partial charge in [0.1, 0.15) is 12.4 Å². The maximum absolute atomic E-state index is 5.22. The van der Waals surface area contributed by atoms with E-state index in [1.54, 1.807) is 14.2 Å². The summed E-state index contributed by atoms with van der Waals surface area (Å²) < 4.78 is 12.3. The summed E-state index contributed by atoms with van der Waals surface area (Å²) in [5.41, 5.74) is 0.362. The molecule has 0 aliphatic heterocycles. The van der Waals surface area contributed by atoms with Crippen molar-refractivity contribution in [1.82, 2.24) is 25.4 Å². The zero-order valence-corrected chi connectivity index (χ0v) is 18.0. The van der Waals surface area contributed by atoms with Gasteiger partial charge in [0.2, 0.25) is 0 Å². The van der Waals surface area contributed by atoms with Gasteiger partial charge in [0, 0.05) is 41.0 Å². The van der Waals surface area contributed by atoms with E-state index < -0.39 is 0 Å². The van der Waals surface area contributed by atoms with E-state index in [0.29, 0.717) is 25.1 Å². The van der Waals surface area contributed by atoms with Gasteiger partial charge in [-0.3, -0.25) is 0 Å². The molecule has 1 fully saturated rings. The molecular weight excluding hydrogens is 435 g/mol. The maximum atomic E-state index is 5.22. The highest BCUT2D eigenvalue weighted by Crippen LogP contribution is 2.48. The van der Waals surface area contributed by atoms with Crippen molar-refractivity contribution in [3.8, 4) is 0 Å². The number of hydrogen-bond acceptors (Lipinski definition) is 5. The summed E-state index contributed by atoms with van der Waals surface area (Å²) in [5, 5.41) is 15.0. The van der Waals surface area contributed by atoms with Gasteiger partial charge in [0.05, 0.1) is 6.61 Å². The smallest absolute Gasteiger partial charge is 0.191 e. The zero-order chi connectivity index (χ0) is 17.4. The summed E-state index contributed by atoms with van der Waals surface area (Å²) in [6, 6.07) is 0. The van der Waals surface area contributed by atoms with Crippen LogP contribution in [0.3, 0.4) is 0 Å². The number of halogens is 1. The molecule has 9 heteroatoms. The highest BCUT2D eigenvalue weighted by molar-refractivity contribution is 14.0. The molecule has 0 saturated heterocycles. The van der Waals surface area contributed by atoms with Crippen LogP contribution in [0.15, 0.2) is 4.99 Å². The SMILES string of the molecule is COCCNC(=NCc1nnc(C)n1C)NCC1(CCOC)CC1.I. The molecule has 0 radical (unpaired) electrons. The Balaban J connectivity index is 0.00000312. The highest BCUT2D eigenvalue weighted by Gasteiger charge is 2.41. The first-order valence-electron chi connectivity index (χ1n) is 8.45. The Bertz CT molecular complexity index is 545. The molecule has 0 bridgehead atoms. The number of nitrogens with one attached hydrogen (secondary N) is 2. The second-order valence-electron chi connectivity index (χ2n) is 6.40. The maximum Gasteiger partial charge on any atom is 0.191 e. The monoisotopic (exact) mass is 466 g/mol. The lowest BCUT2D eigenvalue weighted by molar-refractivity contribution is 0.172. The molecule has 1 aliphatic rings. The van der Waals surface area contributed by atoms with Crippen molar-refractivity contribution in [3.63, 3.8) is 0 Å². The van der Waals surface area contributed by atoms with Crippen LogP contribution < -0.4 is 10.6 Å². The summed E-state index contributed by atoms with van der Waals surface area (Å²) in [6.45, 7) is 5.49. The average molecular weight is 466 g/mol. The Hall–Kier alpha value is -0.940. The number of hydrogen-bond donors (Lipinski definition) is 2. The lowest BCUT2D eigenvalue weighted by atomic mass is 10.0. The van der Waals surface area contributed by atoms with Crippen LogP contribution in [-0.2, 0) is 23.1 Å². The third-order valence-corrected chi connectivity index (χ3v) is 4.58. The third kappa shape index (κ3) is 7.06. The van der Waals surface area contributed by atoms with Gasteiger partial charge in [0.25, 0.3) is 0 Å². The van der Waals surface area contributed by atoms with Crippen molar-refractivity contribution in [2.24, 2.45) is 17.5 Å². The predicted molar refractivity (Wildman–Crippen MR) is 108 cm³/mol. The van der Waals surface area contributed by atoms with E-state index in [4.69, 9.17) is 9.47 Å². The van der Waals surface area contributed by atoms with Crippen molar-refractivity contribution in [1.29, 1.82) is 0 Å². The minimum Gasteiger partial charge on any atom is -0.385 e. The Morgan fingerprint density at radius 2 is 1.92 bits per heavy atom. The fourth-order valence-electron chi connectivity index (χ4n) is 2.47. The number of aliphatic imine (C=N–C) groups is 1. The summed E-state index contributed by atoms with van der Waals surface area (Å²) in [5.74, 6) is 2.52. The Morgan fingerprint density at radius 1 is 1.20 bits per heavy atom. The van der Waals surface area contributed by atoms with Crippen molar-refractivity contribution in [2.45, 2.75) is 32.7 Å². The van der Waals surface area contributed by atoms with E-state index in [0.717, 1.165) is 37.2 Å². The van der Waals surface area contributed by atoms with Crippen LogP contribution >= 0.6 is 24.0 Å². The molecule has 1 aromatic heterocycles. The molecule has 1 aromatic rings. The second-order valence-corrected chi connectivity index (χ2v) is 6.40. The van der Waals surface area contributed by atoms with Crippen LogP contribution in [0.5, 0.6) is 0 Å². The largest absolute Gasteiger partial charge is 0.385 e. The van der Waals surface area contributed by atoms with Gasteiger partial charge in [-0.15, -0.1) is 34.2 Å². The molecule has 2 rings (SSSR count). The van der Waals surface area contributed by atoms with E-state index in [-0.39, 0.29) is 24.0 Å². The molecular formula is C16H31IN6O2. The van der Waals surface area contributed by atoms with Gasteiger partial charge in [0.15, 0.2) is 11.8 Å². The number of aromatic nitrogens is 3. The van der Waals surface area contributed by atoms with Crippen LogP contribution in [0.4, 0.5) is 0 Å². The number of aryl methyl sites for hydroxylation is 1. The van der Waals surface area contributed by atoms with E-state index >= 15 is 0 Å². The van der Waals surface area contributed by atoms with Crippen LogP contribution in [0.25, 0.3) is 0 Å². The van der Waals surface area contributed by atoms with Crippen molar-refractivity contribution in [3.05, 3.63) is 11.6 Å². The van der Waals surface area contributed by atoms with E-state index in [1.165, 1.54) is 12.8 Å². The molecule has 0 aromatic carbocycles. The molecule has 1 saturated carbocycles. The van der Waals surface area contributed by atoms with Gasteiger partial charge >= 0.3 is 0 Å². The number of methoxy groups -OCH3 is 2. The normalized spacial score (nSPS) is 15.6. The van der Waals surface area contributed by atoms with Crippen molar-refractivity contribution < 1.29 is 9.47 Å². The third-order valence-electron chi connectivity index (χ3n) is 4.58. The first-order valence-corrected chi connectivity index (χ1v) is 8.45. The summed E-state index contributed by atoms with van der Waals surface area (Å²) in [4.78, 5) is 4.64. The molecule has 0 amide bonds. The number of nitrogens with zero attached hydrogens (tertiary/aromatic N) is 4. The standard InChI is InChI=1S/C16H30N6O2.HI/c1-13-20-21-14(22(13)2)11-18-15(17-8-10-24-4)19-12-16(5-6-16)7-9-23-3;/h5-12H2,1-4H3,(H2,17,18,19);1H. The first-order chi connectivity index (χ1) is 11.6. The minimum atomic E-state index is 0. The molecule has 1 aliphatic carbocycles. The quantitative estimate of drug-likeness (QED) is 0.234. The van der Waals surface area contributed by atoms with E-state index in [1.807, 2.05) is 18.5 Å². The lowest BCUT2D eigenvalue weighted by Crippen LogP contribution is -2.42. The molecule has 0 unspecified atom stereocenters. The fraction of sp³-hybridized carbons (Fsp3) is 0.812. The van der Waals surface area contributed by atoms with Crippen molar-refractivity contribution >= 4 is 29.9 Å². The van der Waals surface area contributed by atoms with Crippen LogP contribution in [0.1, 0.15) is 30.9 Å². The second kappa shape index (κ2) is 10.9. The Morgan fingerprint density at radius 3 is 2.48 bits per heavy atom. The van der Waals surface area contributed by atoms with Crippen LogP contribution in [0.2, 0.25) is 0 Å². The highest BCUT2D eigenvalue weighted by atomic mass is 127. The zero-order valence-electron chi connectivity index (χ0n) is 15.7. The Kier molecular flexibility index (Phi) is 9.65. The predicted octanol–water partition coefficient (Wildman–Crippen LogP) is 1.24. The van der Waals surface area contributed by atoms with E-state index in [9.17, 15) is 0 Å². The van der Waals surface area contributed by atoms with Gasteiger partial charge < -0.3 is 24.7 Å². The molecule has 144 valence electrons. The fourth-order valence-corrected chi connectivity index (χ4v) is 2.47. The van der Waals surface area contributed by atoms with E-state index in [2.05, 4.69) is 25.8 Å². The molecule has 25 heavy (non-hydrogen) atoms. The summed E-state index contributed by atoms with van der Waals surface area (Å²) in [6.07, 6.45) is 3.58. The molecule has 1 heterocycles. The average Bonchev–Trinajstić information content (AvgIpc) is 3.29. The molecule has 8 nitrogen and oxygen atoms in total. The summed E-state index contributed by atoms with van der Waals surface area (Å²) in [7, 11) is 5.40. The number of guanidine groups is 1. The molecule has 0 atom stereocenters. The minimum absolute atomic E-state index is 0. The van der Waals surface area contributed by atoms with Gasteiger partial charge in [-0.25, -0.2) is 4.99 Å². The number of ether oxygens (including phenoxy) is 2. The molecule has 0 spiro atoms. The topological polar surface area (TPSA) is 85.6 Å². The number of rotatable bonds is 10. The van der Waals surface area contributed by atoms with Gasteiger partial charge in [-0.2, -0.15) is 0 Å². The summed E-state index contributed by atoms with van der Waals surface area (Å²) >= 11 is 0.